The summed E-state index contributed by atoms with van der Waals surface area (Å²) in [7, 11) is 0. The zero-order valence-electron chi connectivity index (χ0n) is 10.7. The van der Waals surface area contributed by atoms with E-state index in [0.717, 1.165) is 5.57 Å². The summed E-state index contributed by atoms with van der Waals surface area (Å²) in [6, 6.07) is 15.6. The average Bonchev–Trinajstić information content (AvgIpc) is 2.40. The molecule has 98 valence electrons. The highest BCUT2D eigenvalue weighted by Crippen LogP contribution is 2.16. The topological polar surface area (TPSA) is 57.5 Å². The Balaban J connectivity index is 0.000000218. The molecule has 0 spiro atoms. The molecule has 2 N–H and O–H groups in total. The second-order valence-corrected chi connectivity index (χ2v) is 3.97. The summed E-state index contributed by atoms with van der Waals surface area (Å²) in [5.74, 6) is -0.587. The number of para-hydroxylation sites is 1. The van der Waals surface area contributed by atoms with Gasteiger partial charge in [-0.2, -0.15) is 0 Å². The molecular weight excluding hydrogens is 240 g/mol. The predicted molar refractivity (Wildman–Crippen MR) is 76.2 cm³/mol. The molecule has 0 aliphatic rings. The van der Waals surface area contributed by atoms with Crippen LogP contribution in [-0.2, 0) is 0 Å². The van der Waals surface area contributed by atoms with Crippen molar-refractivity contribution in [2.24, 2.45) is 0 Å². The summed E-state index contributed by atoms with van der Waals surface area (Å²) in [4.78, 5) is 10.7. The number of hydrogen-bond acceptors (Lipinski definition) is 2. The van der Waals surface area contributed by atoms with Gasteiger partial charge in [0.05, 0.1) is 5.56 Å². The number of aromatic carboxylic acids is 1. The smallest absolute Gasteiger partial charge is 0.336 e. The quantitative estimate of drug-likeness (QED) is 0.859. The number of carboxylic acids is 1. The number of aromatic hydroxyl groups is 1. The number of rotatable bonds is 2. The minimum Gasteiger partial charge on any atom is -0.508 e. The number of allylic oxidation sites excluding steroid dienone is 1. The summed E-state index contributed by atoms with van der Waals surface area (Å²) >= 11 is 0. The van der Waals surface area contributed by atoms with Crippen LogP contribution in [0.3, 0.4) is 0 Å². The Morgan fingerprint density at radius 2 is 1.42 bits per heavy atom. The van der Waals surface area contributed by atoms with Crippen LogP contribution in [0, 0.1) is 0 Å². The lowest BCUT2D eigenvalue weighted by Gasteiger charge is -2.03. The third-order valence-electron chi connectivity index (χ3n) is 2.37. The van der Waals surface area contributed by atoms with E-state index in [4.69, 9.17) is 10.2 Å². The van der Waals surface area contributed by atoms with Crippen molar-refractivity contribution in [2.75, 3.05) is 0 Å². The van der Waals surface area contributed by atoms with Gasteiger partial charge in [0, 0.05) is 0 Å². The van der Waals surface area contributed by atoms with E-state index in [1.54, 1.807) is 55.5 Å². The van der Waals surface area contributed by atoms with E-state index in [9.17, 15) is 4.79 Å². The van der Waals surface area contributed by atoms with Gasteiger partial charge in [-0.1, -0.05) is 48.6 Å². The van der Waals surface area contributed by atoms with Gasteiger partial charge in [0.1, 0.15) is 5.75 Å². The van der Waals surface area contributed by atoms with Crippen molar-refractivity contribution in [1.82, 2.24) is 0 Å². The molecule has 0 saturated heterocycles. The van der Waals surface area contributed by atoms with E-state index < -0.39 is 5.97 Å². The largest absolute Gasteiger partial charge is 0.508 e. The normalized spacial score (nSPS) is 9.11. The Morgan fingerprint density at radius 3 is 1.74 bits per heavy atom. The van der Waals surface area contributed by atoms with Gasteiger partial charge < -0.3 is 10.2 Å². The maximum Gasteiger partial charge on any atom is 0.336 e. The summed E-state index contributed by atoms with van der Waals surface area (Å²) in [6.45, 7) is 5.50. The van der Waals surface area contributed by atoms with Gasteiger partial charge in [0.15, 0.2) is 0 Å². The van der Waals surface area contributed by atoms with E-state index in [-0.39, 0.29) is 0 Å². The minimum atomic E-state index is -0.909. The van der Waals surface area contributed by atoms with Crippen LogP contribution < -0.4 is 0 Å². The SMILES string of the molecule is C=C(C)c1ccccc1C(=O)O.Oc1ccccc1. The number of phenols is 1. The number of benzene rings is 2. The maximum atomic E-state index is 10.7. The molecule has 0 atom stereocenters. The number of hydrogen-bond donors (Lipinski definition) is 2. The van der Waals surface area contributed by atoms with Crippen LogP contribution in [0.15, 0.2) is 61.2 Å². The van der Waals surface area contributed by atoms with Crippen molar-refractivity contribution >= 4 is 11.5 Å². The first-order chi connectivity index (χ1) is 9.02. The highest BCUT2D eigenvalue weighted by molar-refractivity contribution is 5.93. The third-order valence-corrected chi connectivity index (χ3v) is 2.37. The van der Waals surface area contributed by atoms with Crippen molar-refractivity contribution < 1.29 is 15.0 Å². The van der Waals surface area contributed by atoms with Crippen LogP contribution in [0.25, 0.3) is 5.57 Å². The van der Waals surface area contributed by atoms with Crippen LogP contribution in [0.1, 0.15) is 22.8 Å². The van der Waals surface area contributed by atoms with E-state index in [0.29, 0.717) is 16.9 Å². The summed E-state index contributed by atoms with van der Waals surface area (Å²) < 4.78 is 0. The van der Waals surface area contributed by atoms with Crippen molar-refractivity contribution in [3.05, 3.63) is 72.3 Å². The average molecular weight is 256 g/mol. The van der Waals surface area contributed by atoms with E-state index in [1.165, 1.54) is 0 Å². The first-order valence-electron chi connectivity index (χ1n) is 5.74. The van der Waals surface area contributed by atoms with E-state index in [1.807, 2.05) is 6.07 Å². The first-order valence-corrected chi connectivity index (χ1v) is 5.74. The lowest BCUT2D eigenvalue weighted by Crippen LogP contribution is -1.99. The number of carboxylic acid groups (broad SMARTS) is 1. The zero-order chi connectivity index (χ0) is 14.3. The molecule has 0 aromatic heterocycles. The monoisotopic (exact) mass is 256 g/mol. The van der Waals surface area contributed by atoms with E-state index in [2.05, 4.69) is 6.58 Å². The Labute approximate surface area is 112 Å². The lowest BCUT2D eigenvalue weighted by molar-refractivity contribution is 0.0696. The van der Waals surface area contributed by atoms with Gasteiger partial charge in [-0.05, 0) is 30.7 Å². The van der Waals surface area contributed by atoms with Crippen LogP contribution in [0.2, 0.25) is 0 Å². The Bertz CT molecular complexity index is 526. The molecular formula is C16H16O3. The fraction of sp³-hybridized carbons (Fsp3) is 0.0625. The molecule has 0 aliphatic carbocycles. The fourth-order valence-corrected chi connectivity index (χ4v) is 1.47. The Morgan fingerprint density at radius 1 is 0.947 bits per heavy atom. The molecule has 2 aromatic rings. The molecule has 2 rings (SSSR count). The van der Waals surface area contributed by atoms with Crippen molar-refractivity contribution in [3.8, 4) is 5.75 Å². The van der Waals surface area contributed by atoms with E-state index >= 15 is 0 Å². The van der Waals surface area contributed by atoms with Crippen LogP contribution >= 0.6 is 0 Å². The van der Waals surface area contributed by atoms with Gasteiger partial charge in [-0.15, -0.1) is 0 Å². The number of phenolic OH excluding ortho intramolecular Hbond substituents is 1. The van der Waals surface area contributed by atoms with Crippen LogP contribution in [-0.4, -0.2) is 16.2 Å². The molecule has 0 fully saturated rings. The summed E-state index contributed by atoms with van der Waals surface area (Å²) in [5, 5.41) is 17.4. The molecule has 0 amide bonds. The first kappa shape index (κ1) is 14.5. The highest BCUT2D eigenvalue weighted by atomic mass is 16.4. The second-order valence-electron chi connectivity index (χ2n) is 3.97. The fourth-order valence-electron chi connectivity index (χ4n) is 1.47. The zero-order valence-corrected chi connectivity index (χ0v) is 10.7. The van der Waals surface area contributed by atoms with Gasteiger partial charge in [-0.25, -0.2) is 4.79 Å². The molecule has 3 heteroatoms. The second kappa shape index (κ2) is 7.01. The van der Waals surface area contributed by atoms with Crippen molar-refractivity contribution in [2.45, 2.75) is 6.92 Å². The Kier molecular flexibility index (Phi) is 5.35. The summed E-state index contributed by atoms with van der Waals surface area (Å²) in [5.41, 5.74) is 1.78. The third kappa shape index (κ3) is 4.68. The molecule has 0 bridgehead atoms. The van der Waals surface area contributed by atoms with Gasteiger partial charge >= 0.3 is 5.97 Å². The molecule has 0 unspecified atom stereocenters. The molecule has 0 aliphatic heterocycles. The van der Waals surface area contributed by atoms with Gasteiger partial charge in [0.2, 0.25) is 0 Å². The molecule has 0 radical (unpaired) electrons. The van der Waals surface area contributed by atoms with Crippen LogP contribution in [0.4, 0.5) is 0 Å². The predicted octanol–water partition coefficient (Wildman–Crippen LogP) is 3.81. The Hall–Kier alpha value is -2.55. The molecule has 2 aromatic carbocycles. The van der Waals surface area contributed by atoms with Gasteiger partial charge in [-0.3, -0.25) is 0 Å². The highest BCUT2D eigenvalue weighted by Gasteiger charge is 2.07. The molecule has 3 nitrogen and oxygen atoms in total. The van der Waals surface area contributed by atoms with Crippen molar-refractivity contribution in [3.63, 3.8) is 0 Å². The van der Waals surface area contributed by atoms with Gasteiger partial charge in [0.25, 0.3) is 0 Å². The summed E-state index contributed by atoms with van der Waals surface area (Å²) in [6.07, 6.45) is 0. The maximum absolute atomic E-state index is 10.7. The lowest BCUT2D eigenvalue weighted by atomic mass is 10.0. The van der Waals surface area contributed by atoms with Crippen LogP contribution in [0.5, 0.6) is 5.75 Å². The number of carbonyl (C=O) groups is 1. The minimum absolute atomic E-state index is 0.310. The standard InChI is InChI=1S/C10H10O2.C6H6O/c1-7(2)8-5-3-4-6-9(8)10(11)12;7-6-4-2-1-3-5-6/h3-6H,1H2,2H3,(H,11,12);1-5,7H. The molecule has 0 saturated carbocycles. The van der Waals surface area contributed by atoms with Crippen molar-refractivity contribution in [1.29, 1.82) is 0 Å². The molecule has 19 heavy (non-hydrogen) atoms. The molecule has 0 heterocycles.